The number of para-hydroxylation sites is 1. The number of hydrogen-bond donors (Lipinski definition) is 2. The fourth-order valence-electron chi connectivity index (χ4n) is 3.28. The Morgan fingerprint density at radius 3 is 2.46 bits per heavy atom. The first-order valence-electron chi connectivity index (χ1n) is 8.16. The standard InChI is InChI=1S/C20H16BrN5/c21-15-8-5-13(6-9-15)12-26-18-4-2-1-3-16(18)17-11-14(7-10-19(17)26)20(22)24-25-23/h1-11H,12H2,(H3,22,23,24)/p+1. The summed E-state index contributed by atoms with van der Waals surface area (Å²) in [5, 5.41) is 15.3. The third kappa shape index (κ3) is 2.88. The van der Waals surface area contributed by atoms with Crippen LogP contribution < -0.4 is 11.3 Å². The Labute approximate surface area is 158 Å². The molecule has 0 saturated heterocycles. The zero-order valence-corrected chi connectivity index (χ0v) is 15.5. The second-order valence-electron chi connectivity index (χ2n) is 6.06. The van der Waals surface area contributed by atoms with Crippen LogP contribution in [-0.4, -0.2) is 10.4 Å². The van der Waals surface area contributed by atoms with Crippen LogP contribution in [0.1, 0.15) is 11.1 Å². The molecule has 1 aromatic heterocycles. The van der Waals surface area contributed by atoms with Gasteiger partial charge in [0.05, 0.1) is 10.7 Å². The van der Waals surface area contributed by atoms with Crippen LogP contribution in [0.5, 0.6) is 0 Å². The lowest BCUT2D eigenvalue weighted by atomic mass is 10.1. The van der Waals surface area contributed by atoms with Crippen molar-refractivity contribution in [2.24, 2.45) is 16.2 Å². The minimum Gasteiger partial charge on any atom is -0.336 e. The van der Waals surface area contributed by atoms with Gasteiger partial charge >= 0.3 is 5.84 Å². The minimum absolute atomic E-state index is 0.305. The van der Waals surface area contributed by atoms with Gasteiger partial charge in [-0.15, -0.1) is 0 Å². The van der Waals surface area contributed by atoms with Gasteiger partial charge in [-0.05, 0) is 42.0 Å². The Balaban J connectivity index is 1.90. The number of nitrogens with zero attached hydrogens (tertiary/aromatic N) is 3. The van der Waals surface area contributed by atoms with Crippen LogP contribution in [0.2, 0.25) is 0 Å². The summed E-state index contributed by atoms with van der Waals surface area (Å²) in [5.41, 5.74) is 4.37. The van der Waals surface area contributed by atoms with E-state index in [1.165, 1.54) is 16.5 Å². The Morgan fingerprint density at radius 2 is 1.69 bits per heavy atom. The summed E-state index contributed by atoms with van der Waals surface area (Å²) in [6.45, 7) is 0.790. The zero-order valence-electron chi connectivity index (χ0n) is 13.9. The van der Waals surface area contributed by atoms with Crippen molar-refractivity contribution < 1.29 is 5.41 Å². The number of amidine groups is 1. The summed E-state index contributed by atoms with van der Waals surface area (Å²) in [6, 6.07) is 22.8. The molecule has 6 heteroatoms. The predicted molar refractivity (Wildman–Crippen MR) is 108 cm³/mol. The third-order valence-corrected chi connectivity index (χ3v) is 5.02. The van der Waals surface area contributed by atoms with E-state index in [2.05, 4.69) is 79.4 Å². The molecule has 4 aromatic rings. The van der Waals surface area contributed by atoms with Crippen LogP contribution in [0.15, 0.2) is 81.5 Å². The molecule has 3 aromatic carbocycles. The number of rotatable bonds is 3. The highest BCUT2D eigenvalue weighted by Gasteiger charge is 2.15. The van der Waals surface area contributed by atoms with E-state index in [0.717, 1.165) is 27.5 Å². The van der Waals surface area contributed by atoms with Crippen molar-refractivity contribution in [2.45, 2.75) is 6.54 Å². The number of fused-ring (bicyclic) bond motifs is 3. The fraction of sp³-hybridized carbons (Fsp3) is 0.0500. The second-order valence-corrected chi connectivity index (χ2v) is 6.98. The molecule has 0 aliphatic heterocycles. The summed E-state index contributed by atoms with van der Waals surface area (Å²) in [4.78, 5) is 0. The third-order valence-electron chi connectivity index (χ3n) is 4.49. The average Bonchev–Trinajstić information content (AvgIpc) is 2.97. The quantitative estimate of drug-likeness (QED) is 0.176. The first-order valence-corrected chi connectivity index (χ1v) is 8.96. The van der Waals surface area contributed by atoms with Crippen molar-refractivity contribution in [1.29, 1.82) is 0 Å². The lowest BCUT2D eigenvalue weighted by molar-refractivity contribution is -0.114. The molecule has 4 N–H and O–H groups in total. The van der Waals surface area contributed by atoms with Gasteiger partial charge in [0.25, 0.3) is 0 Å². The van der Waals surface area contributed by atoms with E-state index in [4.69, 9.17) is 11.3 Å². The van der Waals surface area contributed by atoms with E-state index in [1.807, 2.05) is 18.2 Å². The van der Waals surface area contributed by atoms with Gasteiger partial charge < -0.3 is 4.57 Å². The monoisotopic (exact) mass is 406 g/mol. The van der Waals surface area contributed by atoms with Crippen molar-refractivity contribution in [1.82, 2.24) is 4.57 Å². The molecule has 0 aliphatic carbocycles. The highest BCUT2D eigenvalue weighted by molar-refractivity contribution is 9.10. The Hall–Kier alpha value is -2.99. The van der Waals surface area contributed by atoms with Gasteiger partial charge in [0.2, 0.25) is 0 Å². The van der Waals surface area contributed by atoms with E-state index in [1.54, 1.807) is 0 Å². The maximum atomic E-state index is 5.95. The second kappa shape index (κ2) is 6.72. The molecule has 0 aliphatic rings. The molecule has 0 atom stereocenters. The zero-order chi connectivity index (χ0) is 18.1. The number of benzene rings is 3. The summed E-state index contributed by atoms with van der Waals surface area (Å²) in [6.07, 6.45) is 0. The fourth-order valence-corrected chi connectivity index (χ4v) is 3.54. The van der Waals surface area contributed by atoms with Gasteiger partial charge in [0, 0.05) is 38.0 Å². The van der Waals surface area contributed by atoms with Crippen molar-refractivity contribution in [3.05, 3.63) is 82.3 Å². The molecule has 0 spiro atoms. The van der Waals surface area contributed by atoms with Crippen LogP contribution >= 0.6 is 15.9 Å². The van der Waals surface area contributed by atoms with Crippen LogP contribution in [0.3, 0.4) is 0 Å². The number of hydrogen-bond acceptors (Lipinski definition) is 1. The number of nitrogens with two attached hydrogens (primary N) is 2. The molecule has 0 fully saturated rings. The van der Waals surface area contributed by atoms with Gasteiger partial charge in [-0.2, -0.15) is 0 Å². The largest absolute Gasteiger partial charge is 0.350 e. The molecule has 5 nitrogen and oxygen atoms in total. The van der Waals surface area contributed by atoms with E-state index < -0.39 is 0 Å². The SMILES string of the molecule is NN=NC(=[NH2+])c1ccc2c(c1)c1ccccc1n2Cc1ccc(Br)cc1. The molecule has 0 amide bonds. The van der Waals surface area contributed by atoms with E-state index >= 15 is 0 Å². The van der Waals surface area contributed by atoms with Crippen LogP contribution in [0, 0.1) is 0 Å². The summed E-state index contributed by atoms with van der Waals surface area (Å²) >= 11 is 3.49. The van der Waals surface area contributed by atoms with Gasteiger partial charge in [0.1, 0.15) is 0 Å². The Bertz CT molecular complexity index is 1140. The first kappa shape index (κ1) is 16.5. The van der Waals surface area contributed by atoms with E-state index in [-0.39, 0.29) is 0 Å². The number of halogens is 1. The molecule has 26 heavy (non-hydrogen) atoms. The van der Waals surface area contributed by atoms with Gasteiger partial charge in [-0.1, -0.05) is 46.3 Å². The molecule has 0 radical (unpaired) electrons. The highest BCUT2D eigenvalue weighted by atomic mass is 79.9. The van der Waals surface area contributed by atoms with Crippen molar-refractivity contribution in [3.8, 4) is 0 Å². The minimum atomic E-state index is 0.305. The molecule has 0 bridgehead atoms. The smallest absolute Gasteiger partial charge is 0.336 e. The van der Waals surface area contributed by atoms with Gasteiger partial charge in [-0.3, -0.25) is 11.3 Å². The summed E-state index contributed by atoms with van der Waals surface area (Å²) in [7, 11) is 0. The topological polar surface area (TPSA) is 81.3 Å². The summed E-state index contributed by atoms with van der Waals surface area (Å²) < 4.78 is 3.39. The lowest BCUT2D eigenvalue weighted by Gasteiger charge is -2.08. The highest BCUT2D eigenvalue weighted by Crippen LogP contribution is 2.30. The van der Waals surface area contributed by atoms with E-state index in [0.29, 0.717) is 5.84 Å². The normalized spacial score (nSPS) is 11.6. The average molecular weight is 407 g/mol. The molecule has 4 rings (SSSR count). The maximum Gasteiger partial charge on any atom is 0.350 e. The van der Waals surface area contributed by atoms with Crippen molar-refractivity contribution in [2.75, 3.05) is 0 Å². The molecule has 128 valence electrons. The van der Waals surface area contributed by atoms with Crippen molar-refractivity contribution >= 4 is 43.6 Å². The lowest BCUT2D eigenvalue weighted by Crippen LogP contribution is -2.38. The maximum absolute atomic E-state index is 5.95. The Morgan fingerprint density at radius 1 is 0.962 bits per heavy atom. The van der Waals surface area contributed by atoms with Crippen LogP contribution in [-0.2, 0) is 6.54 Å². The van der Waals surface area contributed by atoms with Crippen LogP contribution in [0.25, 0.3) is 21.8 Å². The van der Waals surface area contributed by atoms with Gasteiger partial charge in [0.15, 0.2) is 0 Å². The van der Waals surface area contributed by atoms with Crippen molar-refractivity contribution in [3.63, 3.8) is 0 Å². The molecule has 0 saturated carbocycles. The molecular formula is C20H17BrN5+. The van der Waals surface area contributed by atoms with E-state index in [9.17, 15) is 0 Å². The summed E-state index contributed by atoms with van der Waals surface area (Å²) in [5.74, 6) is 5.43. The molecule has 1 heterocycles. The first-order chi connectivity index (χ1) is 12.7. The Kier molecular flexibility index (Phi) is 4.26. The van der Waals surface area contributed by atoms with Crippen LogP contribution in [0.4, 0.5) is 0 Å². The van der Waals surface area contributed by atoms with Gasteiger partial charge in [-0.25, -0.2) is 0 Å². The number of aromatic nitrogens is 1. The molecular weight excluding hydrogens is 390 g/mol. The molecule has 0 unspecified atom stereocenters. The predicted octanol–water partition coefficient (Wildman–Crippen LogP) is 3.44.